The highest BCUT2D eigenvalue weighted by Gasteiger charge is 2.59. The lowest BCUT2D eigenvalue weighted by Gasteiger charge is -2.23. The van der Waals surface area contributed by atoms with Crippen molar-refractivity contribution in [2.75, 3.05) is 19.7 Å². The van der Waals surface area contributed by atoms with Crippen molar-refractivity contribution in [3.05, 3.63) is 69.8 Å². The van der Waals surface area contributed by atoms with Gasteiger partial charge in [-0.2, -0.15) is 57.1 Å². The van der Waals surface area contributed by atoms with Crippen molar-refractivity contribution in [3.63, 3.8) is 0 Å². The van der Waals surface area contributed by atoms with Crippen LogP contribution in [0.2, 0.25) is 0 Å². The maximum atomic E-state index is 13.4. The van der Waals surface area contributed by atoms with Gasteiger partial charge in [0.05, 0.1) is 0 Å². The number of aryl methyl sites for hydroxylation is 2. The van der Waals surface area contributed by atoms with Gasteiger partial charge in [0.1, 0.15) is 0 Å². The van der Waals surface area contributed by atoms with Crippen molar-refractivity contribution in [2.24, 2.45) is 0 Å². The first-order chi connectivity index (χ1) is 20.8. The first-order valence-corrected chi connectivity index (χ1v) is 13.1. The van der Waals surface area contributed by atoms with E-state index in [1.165, 1.54) is 26.8 Å². The molecular formula is C28H29F13N2O3. The molecule has 2 rings (SSSR count). The number of nitrogens with one attached hydrogen (secondary N) is 1. The van der Waals surface area contributed by atoms with Crippen LogP contribution < -0.4 is 5.32 Å². The Labute approximate surface area is 254 Å². The van der Waals surface area contributed by atoms with Gasteiger partial charge in [-0.25, -0.2) is 4.79 Å². The fourth-order valence-electron chi connectivity index (χ4n) is 3.62. The molecule has 0 aromatic heterocycles. The third-order valence-electron chi connectivity index (χ3n) is 6.26. The van der Waals surface area contributed by atoms with Crippen LogP contribution in [0.1, 0.15) is 47.2 Å². The molecule has 18 heteroatoms. The summed E-state index contributed by atoms with van der Waals surface area (Å²) in [4.78, 5) is 24.1. The van der Waals surface area contributed by atoms with Crippen LogP contribution in [0.3, 0.4) is 0 Å². The van der Waals surface area contributed by atoms with E-state index in [0.717, 1.165) is 23.1 Å². The Morgan fingerprint density at radius 1 is 0.717 bits per heavy atom. The number of hydrogen-bond acceptors (Lipinski definition) is 4. The second kappa shape index (κ2) is 15.3. The number of alkyl halides is 13. The van der Waals surface area contributed by atoms with Crippen LogP contribution in [0, 0.1) is 13.8 Å². The second-order valence-electron chi connectivity index (χ2n) is 9.72. The molecule has 2 aromatic rings. The van der Waals surface area contributed by atoms with E-state index in [0.29, 0.717) is 36.3 Å². The summed E-state index contributed by atoms with van der Waals surface area (Å²) in [5.74, 6) is -13.1. The Hall–Kier alpha value is -3.57. The molecule has 0 radical (unpaired) electrons. The summed E-state index contributed by atoms with van der Waals surface area (Å²) in [5.41, 5.74) is -1.11. The molecule has 0 bridgehead atoms. The van der Waals surface area contributed by atoms with E-state index in [9.17, 15) is 66.7 Å². The first-order valence-electron chi connectivity index (χ1n) is 13.1. The van der Waals surface area contributed by atoms with E-state index < -0.39 is 66.5 Å². The summed E-state index contributed by atoms with van der Waals surface area (Å²) >= 11 is 0. The summed E-state index contributed by atoms with van der Waals surface area (Å²) in [6.45, 7) is 4.61. The molecule has 0 saturated carbocycles. The lowest BCUT2D eigenvalue weighted by molar-refractivity contribution is -0.289. The van der Waals surface area contributed by atoms with Crippen LogP contribution in [-0.2, 0) is 39.3 Å². The summed E-state index contributed by atoms with van der Waals surface area (Å²) in [5, 5.41) is 2.98. The molecule has 0 unspecified atom stereocenters. The second-order valence-corrected chi connectivity index (χ2v) is 9.72. The number of amides is 1. The molecule has 0 heterocycles. The van der Waals surface area contributed by atoms with E-state index >= 15 is 0 Å². The van der Waals surface area contributed by atoms with Gasteiger partial charge in [0.15, 0.2) is 6.61 Å². The number of carbonyl (C=O) groups is 2. The van der Waals surface area contributed by atoms with Gasteiger partial charge < -0.3 is 15.0 Å². The minimum absolute atomic E-state index is 0.0312. The molecule has 0 aliphatic carbocycles. The minimum atomic E-state index is -5.80. The van der Waals surface area contributed by atoms with E-state index in [1.807, 2.05) is 6.92 Å². The lowest BCUT2D eigenvalue weighted by Crippen LogP contribution is -2.38. The zero-order valence-corrected chi connectivity index (χ0v) is 24.6. The van der Waals surface area contributed by atoms with Gasteiger partial charge in [0.25, 0.3) is 0 Å². The number of benzene rings is 2. The number of nitrogens with zero attached hydrogens (tertiary/aromatic N) is 1. The number of esters is 1. The van der Waals surface area contributed by atoms with Gasteiger partial charge in [0, 0.05) is 30.8 Å². The third-order valence-corrected chi connectivity index (χ3v) is 6.26. The highest BCUT2D eigenvalue weighted by atomic mass is 19.4. The largest absolute Gasteiger partial charge is 0.458 e. The van der Waals surface area contributed by atoms with Gasteiger partial charge in [-0.1, -0.05) is 31.2 Å². The number of likely N-dealkylation sites (N-methyl/N-ethyl adjacent to an activating group) is 1. The molecule has 1 amide bonds. The van der Waals surface area contributed by atoms with Crippen LogP contribution in [0.4, 0.5) is 57.1 Å². The molecule has 0 aliphatic heterocycles. The average Bonchev–Trinajstić information content (AvgIpc) is 2.92. The Bertz CT molecular complexity index is 1340. The van der Waals surface area contributed by atoms with Crippen molar-refractivity contribution >= 4 is 11.9 Å². The molecule has 2 aromatic carbocycles. The topological polar surface area (TPSA) is 58.6 Å². The molecule has 260 valence electrons. The first kappa shape index (κ1) is 40.5. The monoisotopic (exact) mass is 688 g/mol. The van der Waals surface area contributed by atoms with Crippen molar-refractivity contribution < 1.29 is 71.4 Å². The smallest absolute Gasteiger partial charge is 0.449 e. The van der Waals surface area contributed by atoms with Crippen molar-refractivity contribution in [1.82, 2.24) is 10.2 Å². The number of ether oxygens (including phenoxy) is 1. The van der Waals surface area contributed by atoms with Gasteiger partial charge in [-0.3, -0.25) is 4.79 Å². The Morgan fingerprint density at radius 3 is 1.50 bits per heavy atom. The third kappa shape index (κ3) is 10.8. The molecule has 0 atom stereocenters. The van der Waals surface area contributed by atoms with E-state index in [1.54, 1.807) is 0 Å². The zero-order chi connectivity index (χ0) is 35.9. The number of carbonyl (C=O) groups excluding carboxylic acids is 2. The van der Waals surface area contributed by atoms with Crippen LogP contribution in [-0.4, -0.2) is 55.0 Å². The quantitative estimate of drug-likeness (QED) is 0.166. The van der Waals surface area contributed by atoms with Gasteiger partial charge in [-0.15, -0.1) is 0 Å². The SMILES string of the molecule is CCN(Cc1ccc(C(F)(F)C(F)(F)F)cc1C)C(=O)C(=O)OCC(F)(F)F.CCNCc1ccc(C(F)(F)C(F)(F)F)cc1C. The fraction of sp³-hybridized carbons (Fsp3) is 0.500. The summed E-state index contributed by atoms with van der Waals surface area (Å²) in [7, 11) is 0. The molecule has 0 saturated heterocycles. The van der Waals surface area contributed by atoms with Gasteiger partial charge >= 0.3 is 42.3 Å². The van der Waals surface area contributed by atoms with Crippen LogP contribution in [0.5, 0.6) is 0 Å². The Morgan fingerprint density at radius 2 is 1.15 bits per heavy atom. The van der Waals surface area contributed by atoms with Crippen LogP contribution in [0.15, 0.2) is 36.4 Å². The van der Waals surface area contributed by atoms with Crippen molar-refractivity contribution in [1.29, 1.82) is 0 Å². The maximum Gasteiger partial charge on any atom is 0.458 e. The summed E-state index contributed by atoms with van der Waals surface area (Å²) < 4.78 is 167. The van der Waals surface area contributed by atoms with Gasteiger partial charge in [-0.05, 0) is 61.7 Å². The predicted octanol–water partition coefficient (Wildman–Crippen LogP) is 7.86. The number of rotatable bonds is 9. The molecule has 5 nitrogen and oxygen atoms in total. The molecule has 1 N–H and O–H groups in total. The fourth-order valence-corrected chi connectivity index (χ4v) is 3.62. The van der Waals surface area contributed by atoms with E-state index in [4.69, 9.17) is 0 Å². The molecule has 0 spiro atoms. The molecule has 0 fully saturated rings. The summed E-state index contributed by atoms with van der Waals surface area (Å²) in [6, 6.07) is 5.04. The normalized spacial score (nSPS) is 12.7. The Balaban J connectivity index is 0.000000506. The highest BCUT2D eigenvalue weighted by molar-refractivity contribution is 6.32. The molecular weight excluding hydrogens is 659 g/mol. The zero-order valence-electron chi connectivity index (χ0n) is 24.6. The van der Waals surface area contributed by atoms with E-state index in [2.05, 4.69) is 10.1 Å². The van der Waals surface area contributed by atoms with Crippen LogP contribution in [0.25, 0.3) is 0 Å². The van der Waals surface area contributed by atoms with Crippen LogP contribution >= 0.6 is 0 Å². The van der Waals surface area contributed by atoms with Crippen molar-refractivity contribution in [3.8, 4) is 0 Å². The Kier molecular flexibility index (Phi) is 13.5. The molecule has 0 aliphatic rings. The number of hydrogen-bond donors (Lipinski definition) is 1. The van der Waals surface area contributed by atoms with E-state index in [-0.39, 0.29) is 17.7 Å². The minimum Gasteiger partial charge on any atom is -0.449 e. The maximum absolute atomic E-state index is 13.4. The summed E-state index contributed by atoms with van der Waals surface area (Å²) in [6.07, 6.45) is -16.2. The molecule has 46 heavy (non-hydrogen) atoms. The predicted molar refractivity (Wildman–Crippen MR) is 138 cm³/mol. The number of halogens is 13. The lowest BCUT2D eigenvalue weighted by atomic mass is 10.0. The average molecular weight is 689 g/mol. The van der Waals surface area contributed by atoms with Crippen molar-refractivity contribution in [2.45, 2.75) is 71.2 Å². The standard InChI is InChI=1S/C16H15F8NO3.C12H14F5N/c1-3-25(12(26)13(27)28-8-14(17,18)19)7-10-4-5-11(6-9(10)2)15(20,21)16(22,23)24;1-3-18-7-9-4-5-10(6-8(9)2)11(13,14)12(15,16)17/h4-6H,3,7-8H2,1-2H3;4-6,18H,3,7H2,1-2H3. The highest BCUT2D eigenvalue weighted by Crippen LogP contribution is 2.45. The van der Waals surface area contributed by atoms with Gasteiger partial charge in [0.2, 0.25) is 0 Å².